The molecule has 1 N–H and O–H groups in total. The van der Waals surface area contributed by atoms with Crippen LogP contribution in [0.25, 0.3) is 0 Å². The third kappa shape index (κ3) is 4.31. The van der Waals surface area contributed by atoms with Crippen LogP contribution in [0, 0.1) is 5.92 Å². The fourth-order valence-corrected chi connectivity index (χ4v) is 4.21. The summed E-state index contributed by atoms with van der Waals surface area (Å²) in [5.74, 6) is 0.845. The lowest BCUT2D eigenvalue weighted by atomic mass is 9.89. The first-order valence-electron chi connectivity index (χ1n) is 8.26. The van der Waals surface area contributed by atoms with E-state index in [0.29, 0.717) is 12.1 Å². The average Bonchev–Trinajstić information content (AvgIpc) is 2.99. The number of hydrogen-bond acceptors (Lipinski definition) is 3. The van der Waals surface area contributed by atoms with Crippen molar-refractivity contribution in [2.75, 3.05) is 19.6 Å². The van der Waals surface area contributed by atoms with Gasteiger partial charge in [0.1, 0.15) is 0 Å². The molecule has 0 saturated carbocycles. The Balaban J connectivity index is 1.81. The molecule has 0 radical (unpaired) electrons. The van der Waals surface area contributed by atoms with Crippen LogP contribution in [-0.4, -0.2) is 30.6 Å². The van der Waals surface area contributed by atoms with E-state index in [9.17, 15) is 0 Å². The van der Waals surface area contributed by atoms with Gasteiger partial charge in [-0.05, 0) is 69.6 Å². The topological polar surface area (TPSA) is 15.3 Å². The predicted octanol–water partition coefficient (Wildman–Crippen LogP) is 4.30. The van der Waals surface area contributed by atoms with Gasteiger partial charge in [0.25, 0.3) is 0 Å². The highest BCUT2D eigenvalue weighted by molar-refractivity contribution is 7.10. The maximum atomic E-state index is 3.88. The molecule has 1 fully saturated rings. The van der Waals surface area contributed by atoms with Crippen LogP contribution in [0.1, 0.15) is 57.4 Å². The summed E-state index contributed by atoms with van der Waals surface area (Å²) in [7, 11) is 0. The molecule has 2 unspecified atom stereocenters. The molecule has 0 amide bonds. The molecular formula is C17H30N2S. The molecule has 3 heteroatoms. The summed E-state index contributed by atoms with van der Waals surface area (Å²) in [6, 6.07) is 5.60. The van der Waals surface area contributed by atoms with E-state index in [1.54, 1.807) is 0 Å². The quantitative estimate of drug-likeness (QED) is 0.806. The molecule has 2 nitrogen and oxygen atoms in total. The smallest absolute Gasteiger partial charge is 0.0414 e. The molecule has 2 rings (SSSR count). The van der Waals surface area contributed by atoms with E-state index < -0.39 is 0 Å². The van der Waals surface area contributed by atoms with Gasteiger partial charge in [-0.3, -0.25) is 0 Å². The minimum absolute atomic E-state index is 0.540. The van der Waals surface area contributed by atoms with E-state index in [0.717, 1.165) is 5.92 Å². The van der Waals surface area contributed by atoms with Crippen LogP contribution in [0.15, 0.2) is 17.5 Å². The Bertz CT molecular complexity index is 355. The van der Waals surface area contributed by atoms with Gasteiger partial charge in [0.2, 0.25) is 0 Å². The van der Waals surface area contributed by atoms with Gasteiger partial charge in [-0.25, -0.2) is 0 Å². The maximum Gasteiger partial charge on any atom is 0.0414 e. The summed E-state index contributed by atoms with van der Waals surface area (Å²) < 4.78 is 0. The molecule has 0 spiro atoms. The zero-order valence-corrected chi connectivity index (χ0v) is 14.1. The van der Waals surface area contributed by atoms with Crippen LogP contribution in [0.3, 0.4) is 0 Å². The van der Waals surface area contributed by atoms with Crippen LogP contribution >= 0.6 is 11.3 Å². The number of piperidine rings is 1. The Labute approximate surface area is 128 Å². The lowest BCUT2D eigenvalue weighted by Gasteiger charge is -2.36. The van der Waals surface area contributed by atoms with Crippen molar-refractivity contribution in [1.82, 2.24) is 10.2 Å². The molecule has 0 aromatic carbocycles. The summed E-state index contributed by atoms with van der Waals surface area (Å²) in [5, 5.41) is 6.07. The Hall–Kier alpha value is -0.380. The van der Waals surface area contributed by atoms with Crippen molar-refractivity contribution in [2.24, 2.45) is 5.92 Å². The summed E-state index contributed by atoms with van der Waals surface area (Å²) in [4.78, 5) is 4.11. The van der Waals surface area contributed by atoms with Crippen LogP contribution < -0.4 is 5.32 Å². The molecule has 2 atom stereocenters. The molecule has 0 aliphatic carbocycles. The van der Waals surface area contributed by atoms with E-state index in [4.69, 9.17) is 0 Å². The minimum Gasteiger partial charge on any atom is -0.306 e. The Morgan fingerprint density at radius 1 is 1.35 bits per heavy atom. The van der Waals surface area contributed by atoms with Crippen LogP contribution in [0.2, 0.25) is 0 Å². The third-order valence-electron chi connectivity index (χ3n) is 4.64. The highest BCUT2D eigenvalue weighted by Gasteiger charge is 2.25. The SMILES string of the molecule is CCCN1CCC(C(C)NC(CC)c2cccs2)CC1. The van der Waals surface area contributed by atoms with Gasteiger partial charge in [-0.15, -0.1) is 11.3 Å². The second-order valence-corrected chi connectivity index (χ2v) is 7.09. The first-order chi connectivity index (χ1) is 9.74. The summed E-state index contributed by atoms with van der Waals surface area (Å²) in [6.07, 6.45) is 5.18. The Morgan fingerprint density at radius 3 is 2.65 bits per heavy atom. The molecular weight excluding hydrogens is 264 g/mol. The number of likely N-dealkylation sites (tertiary alicyclic amines) is 1. The number of nitrogens with one attached hydrogen (secondary N) is 1. The fourth-order valence-electron chi connectivity index (χ4n) is 3.34. The first kappa shape index (κ1) is 16.0. The number of thiophene rings is 1. The highest BCUT2D eigenvalue weighted by atomic mass is 32.1. The van der Waals surface area contributed by atoms with Crippen molar-refractivity contribution < 1.29 is 0 Å². The Kier molecular flexibility index (Phi) is 6.53. The number of rotatable bonds is 7. The average molecular weight is 295 g/mol. The van der Waals surface area contributed by atoms with Crippen molar-refractivity contribution >= 4 is 11.3 Å². The predicted molar refractivity (Wildman–Crippen MR) is 89.4 cm³/mol. The van der Waals surface area contributed by atoms with Crippen molar-refractivity contribution in [1.29, 1.82) is 0 Å². The normalized spacial score (nSPS) is 20.9. The lowest BCUT2D eigenvalue weighted by Crippen LogP contribution is -2.43. The monoisotopic (exact) mass is 294 g/mol. The van der Waals surface area contributed by atoms with Crippen LogP contribution in [0.4, 0.5) is 0 Å². The van der Waals surface area contributed by atoms with Crippen molar-refractivity contribution in [3.05, 3.63) is 22.4 Å². The van der Waals surface area contributed by atoms with Gasteiger partial charge in [-0.1, -0.05) is 19.9 Å². The van der Waals surface area contributed by atoms with Gasteiger partial charge in [0.15, 0.2) is 0 Å². The van der Waals surface area contributed by atoms with Crippen molar-refractivity contribution in [3.63, 3.8) is 0 Å². The van der Waals surface area contributed by atoms with Crippen LogP contribution in [-0.2, 0) is 0 Å². The van der Waals surface area contributed by atoms with Gasteiger partial charge < -0.3 is 10.2 Å². The zero-order valence-electron chi connectivity index (χ0n) is 13.3. The lowest BCUT2D eigenvalue weighted by molar-refractivity contribution is 0.158. The molecule has 2 heterocycles. The van der Waals surface area contributed by atoms with E-state index in [1.807, 2.05) is 11.3 Å². The van der Waals surface area contributed by atoms with Gasteiger partial charge in [-0.2, -0.15) is 0 Å². The van der Waals surface area contributed by atoms with Gasteiger partial charge in [0, 0.05) is 17.0 Å². The van der Waals surface area contributed by atoms with E-state index in [-0.39, 0.29) is 0 Å². The van der Waals surface area contributed by atoms with Crippen molar-refractivity contribution in [2.45, 2.75) is 58.5 Å². The summed E-state index contributed by atoms with van der Waals surface area (Å²) in [6.45, 7) is 10.8. The molecule has 0 bridgehead atoms. The Morgan fingerprint density at radius 2 is 2.10 bits per heavy atom. The molecule has 1 aliphatic rings. The standard InChI is InChI=1S/C17H30N2S/c1-4-10-19-11-8-15(9-12-19)14(3)18-16(5-2)17-7-6-13-20-17/h6-7,13-16,18H,4-5,8-12H2,1-3H3. The van der Waals surface area contributed by atoms with Gasteiger partial charge in [0.05, 0.1) is 0 Å². The molecule has 20 heavy (non-hydrogen) atoms. The maximum absolute atomic E-state index is 3.88. The summed E-state index contributed by atoms with van der Waals surface area (Å²) in [5.41, 5.74) is 0. The molecule has 1 aliphatic heterocycles. The highest BCUT2D eigenvalue weighted by Crippen LogP contribution is 2.26. The largest absolute Gasteiger partial charge is 0.306 e. The van der Waals surface area contributed by atoms with Crippen LogP contribution in [0.5, 0.6) is 0 Å². The number of nitrogens with zero attached hydrogens (tertiary/aromatic N) is 1. The zero-order chi connectivity index (χ0) is 14.4. The van der Waals surface area contributed by atoms with E-state index in [1.165, 1.54) is 50.2 Å². The van der Waals surface area contributed by atoms with E-state index >= 15 is 0 Å². The second-order valence-electron chi connectivity index (χ2n) is 6.11. The molecule has 1 aromatic heterocycles. The molecule has 1 aromatic rings. The van der Waals surface area contributed by atoms with Gasteiger partial charge >= 0.3 is 0 Å². The fraction of sp³-hybridized carbons (Fsp3) is 0.765. The number of hydrogen-bond donors (Lipinski definition) is 1. The van der Waals surface area contributed by atoms with Crippen molar-refractivity contribution in [3.8, 4) is 0 Å². The second kappa shape index (κ2) is 8.16. The first-order valence-corrected chi connectivity index (χ1v) is 9.14. The molecule has 114 valence electrons. The van der Waals surface area contributed by atoms with E-state index in [2.05, 4.69) is 48.5 Å². The minimum atomic E-state index is 0.540. The molecule has 1 saturated heterocycles. The third-order valence-corrected chi connectivity index (χ3v) is 5.62. The summed E-state index contributed by atoms with van der Waals surface area (Å²) >= 11 is 1.88.